The highest BCUT2D eigenvalue weighted by Gasteiger charge is 2.53. The number of amides is 4. The maximum atomic E-state index is 13.2. The number of hydrogen-bond acceptors (Lipinski definition) is 25. The number of benzene rings is 6. The number of ether oxygens (including phenoxy) is 7. The molecule has 5 saturated heterocycles. The minimum atomic E-state index is -3.79. The zero-order valence-electron chi connectivity index (χ0n) is 73.7. The molecule has 11 heterocycles. The number of primary sulfonamides is 1. The van der Waals surface area contributed by atoms with Crippen LogP contribution in [0, 0.1) is 0 Å². The first kappa shape index (κ1) is 96.8. The van der Waals surface area contributed by atoms with Crippen molar-refractivity contribution in [1.82, 2.24) is 48.3 Å². The Morgan fingerprint density at radius 1 is 0.459 bits per heavy atom. The van der Waals surface area contributed by atoms with E-state index in [-0.39, 0.29) is 53.1 Å². The first-order valence-electron chi connectivity index (χ1n) is 43.0. The highest BCUT2D eigenvalue weighted by molar-refractivity contribution is 9.15. The van der Waals surface area contributed by atoms with Crippen LogP contribution in [0.25, 0.3) is 57.1 Å². The SMILES string of the molecule is CCOC(=O)c1csc(-n2cc(B3OC(C)(C)C(C)(C)O3)c3cc(C(=O)N4CCOCC4)ccc32)n1.CCOC(=O)c1csc(-n2cc(Br)c3cc(C(=O)N4CCOCC4)ccc32)n1.CCOC(=O)c1csc(-n2cc(Cc3ccc(S(N)(=O)=O)cc3)c3cc(C(=O)N4CCOCC4)ccc32)n1.O=C(O)c1ccc2c(c1)C(Br)=CC2.O=C(c1ccc2c(c1)C(Br)=CC2)N1CCOCC1. The summed E-state index contributed by atoms with van der Waals surface area (Å²) >= 11 is 14.5. The molecule has 3 N–H and O–H groups in total. The Kier molecular flexibility index (Phi) is 30.9. The second-order valence-electron chi connectivity index (χ2n) is 32.4. The van der Waals surface area contributed by atoms with Crippen LogP contribution in [0.3, 0.4) is 0 Å². The number of nitrogens with two attached hydrogens (primary N) is 1. The number of thiazole rings is 3. The van der Waals surface area contributed by atoms with Crippen molar-refractivity contribution in [3.05, 3.63) is 245 Å². The lowest BCUT2D eigenvalue weighted by molar-refractivity contribution is 0.00578. The Labute approximate surface area is 804 Å². The van der Waals surface area contributed by atoms with Crippen molar-refractivity contribution in [2.24, 2.45) is 5.14 Å². The molecule has 694 valence electrons. The fourth-order valence-electron chi connectivity index (χ4n) is 15.6. The van der Waals surface area contributed by atoms with Crippen LogP contribution in [0.1, 0.15) is 165 Å². The summed E-state index contributed by atoms with van der Waals surface area (Å²) in [6.07, 6.45) is 12.2. The number of carbonyl (C=O) groups excluding carboxylic acids is 7. The van der Waals surface area contributed by atoms with Crippen LogP contribution >= 0.6 is 81.8 Å². The van der Waals surface area contributed by atoms with E-state index >= 15 is 0 Å². The molecule has 2 aliphatic carbocycles. The maximum absolute atomic E-state index is 13.2. The molecule has 0 bridgehead atoms. The molecule has 5 aliphatic heterocycles. The molecule has 19 rings (SSSR count). The van der Waals surface area contributed by atoms with Crippen molar-refractivity contribution >= 4 is 194 Å². The van der Waals surface area contributed by atoms with Crippen LogP contribution in [0.5, 0.6) is 0 Å². The van der Waals surface area contributed by atoms with E-state index in [4.69, 9.17) is 52.7 Å². The van der Waals surface area contributed by atoms with E-state index in [1.165, 1.54) is 57.3 Å². The van der Waals surface area contributed by atoms with E-state index in [1.54, 1.807) is 72.1 Å². The van der Waals surface area contributed by atoms with Crippen molar-refractivity contribution in [1.29, 1.82) is 0 Å². The molecule has 0 radical (unpaired) electrons. The van der Waals surface area contributed by atoms with E-state index in [9.17, 15) is 46.8 Å². The fourth-order valence-corrected chi connectivity index (χ4v) is 20.0. The Balaban J connectivity index is 0.000000132. The smallest absolute Gasteiger partial charge is 0.478 e. The number of aromatic nitrogens is 6. The number of esters is 3. The third-order valence-corrected chi connectivity index (χ3v) is 28.9. The molecule has 0 unspecified atom stereocenters. The highest BCUT2D eigenvalue weighted by Crippen LogP contribution is 2.40. The van der Waals surface area contributed by atoms with Gasteiger partial charge in [0.2, 0.25) is 10.0 Å². The number of hydrogen-bond donors (Lipinski definition) is 2. The lowest BCUT2D eigenvalue weighted by Gasteiger charge is -2.32. The van der Waals surface area contributed by atoms with Crippen molar-refractivity contribution in [2.45, 2.75) is 83.8 Å². The van der Waals surface area contributed by atoms with Crippen LogP contribution in [-0.2, 0) is 71.8 Å². The quantitative estimate of drug-likeness (QED) is 0.0458. The third kappa shape index (κ3) is 22.1. The number of fused-ring (bicyclic) bond motifs is 5. The number of sulfonamides is 1. The van der Waals surface area contributed by atoms with Gasteiger partial charge in [-0.3, -0.25) is 32.9 Å². The number of halogens is 3. The number of allylic oxidation sites excluding steroid dienone is 2. The number of carbonyl (C=O) groups is 8. The van der Waals surface area contributed by atoms with E-state index in [1.807, 2.05) is 154 Å². The number of aromatic carboxylic acids is 1. The van der Waals surface area contributed by atoms with Crippen molar-refractivity contribution in [3.63, 3.8) is 0 Å². The molecule has 39 heteroatoms. The van der Waals surface area contributed by atoms with Gasteiger partial charge in [0.15, 0.2) is 32.5 Å². The molecular weight excluding hydrogens is 1980 g/mol. The van der Waals surface area contributed by atoms with Crippen LogP contribution in [0.4, 0.5) is 0 Å². The molecule has 0 atom stereocenters. The predicted molar refractivity (Wildman–Crippen MR) is 517 cm³/mol. The second-order valence-corrected chi connectivity index (χ2v) is 39.0. The highest BCUT2D eigenvalue weighted by atomic mass is 79.9. The van der Waals surface area contributed by atoms with Gasteiger partial charge in [-0.25, -0.2) is 47.7 Å². The van der Waals surface area contributed by atoms with Gasteiger partial charge < -0.3 is 67.2 Å². The molecule has 6 aromatic heterocycles. The molecule has 6 aromatic carbocycles. The lowest BCUT2D eigenvalue weighted by Crippen LogP contribution is -2.41. The van der Waals surface area contributed by atoms with E-state index in [2.05, 4.69) is 68.8 Å². The molecule has 12 aromatic rings. The van der Waals surface area contributed by atoms with Gasteiger partial charge in [-0.05, 0) is 208 Å². The Hall–Kier alpha value is -10.8. The van der Waals surface area contributed by atoms with Crippen molar-refractivity contribution < 1.29 is 94.3 Å². The fraction of sp³-hybridized carbons (Fsp3) is 0.330. The minimum absolute atomic E-state index is 0.00342. The molecular formula is C94H95BBr3N11O20S4. The van der Waals surface area contributed by atoms with Crippen LogP contribution in [-0.4, -0.2) is 253 Å². The molecule has 0 spiro atoms. The van der Waals surface area contributed by atoms with Gasteiger partial charge >= 0.3 is 31.0 Å². The molecule has 7 aliphatic rings. The van der Waals surface area contributed by atoms with E-state index in [0.29, 0.717) is 162 Å². The van der Waals surface area contributed by atoms with Crippen LogP contribution in [0.2, 0.25) is 0 Å². The van der Waals surface area contributed by atoms with Gasteiger partial charge in [0.25, 0.3) is 23.6 Å². The summed E-state index contributed by atoms with van der Waals surface area (Å²) in [6.45, 7) is 23.4. The monoisotopic (exact) mass is 2070 g/mol. The number of carboxylic acid groups (broad SMARTS) is 1. The van der Waals surface area contributed by atoms with Gasteiger partial charge in [-0.2, -0.15) is 0 Å². The molecule has 0 saturated carbocycles. The normalized spacial score (nSPS) is 16.1. The predicted octanol–water partition coefficient (Wildman–Crippen LogP) is 14.6. The van der Waals surface area contributed by atoms with Gasteiger partial charge in [-0.15, -0.1) is 34.0 Å². The third-order valence-electron chi connectivity index (χ3n) is 23.3. The number of morpholine rings is 4. The minimum Gasteiger partial charge on any atom is -0.478 e. The molecule has 5 fully saturated rings. The zero-order valence-corrected chi connectivity index (χ0v) is 81.8. The summed E-state index contributed by atoms with van der Waals surface area (Å²) in [5.74, 6) is -2.25. The number of rotatable bonds is 18. The summed E-state index contributed by atoms with van der Waals surface area (Å²) in [5, 5.41) is 23.5. The van der Waals surface area contributed by atoms with Crippen LogP contribution in [0.15, 0.2) is 172 Å². The first-order chi connectivity index (χ1) is 63.9. The van der Waals surface area contributed by atoms with Gasteiger partial charge in [0.05, 0.1) is 111 Å². The maximum Gasteiger partial charge on any atom is 0.497 e. The summed E-state index contributed by atoms with van der Waals surface area (Å²) in [6, 6.07) is 34.3. The lowest BCUT2D eigenvalue weighted by atomic mass is 9.78. The Morgan fingerprint density at radius 2 is 0.805 bits per heavy atom. The standard InChI is InChI=1S/C26H26N4O6S2.C25H30BN3O6S.C19H18BrN3O4S.C14H14BrNO2.C10H7BrO2/c1-2-36-25(32)22-16-37-26(28-22)30-15-19(13-17-3-6-20(7-4-17)38(27,33)34)21-14-18(5-8-23(21)30)24(31)29-9-11-35-12-10-29;1-6-33-22(31)19-15-36-23(27-19)29-14-18(26-34-24(2,3)25(4,5)35-26)17-13-16(7-8-20(17)29)21(30)28-9-11-32-12-10-28;1-2-27-18(25)15-11-28-19(21-15)23-10-14(20)13-9-12(3-4-16(13)23)17(24)22-5-7-26-8-6-22;15-13-4-3-10-1-2-11(9-12(10)13)14(17)16-5-7-18-8-6-16;11-9-4-3-6-1-2-7(10(12)13)5-8(6)9/h3-8,14-16H,2,9-13H2,1H3,(H2,27,33,34);7-8,13-15H,6,9-12H2,1-5H3;3-4,9-11H,2,5-8H2,1H3;1-2,4,9H,3,5-8H2;1-2,4-5H,3H2,(H,12,13). The van der Waals surface area contributed by atoms with E-state index in [0.717, 1.165) is 92.3 Å². The van der Waals surface area contributed by atoms with E-state index < -0.39 is 52.2 Å². The zero-order chi connectivity index (χ0) is 94.2. The van der Waals surface area contributed by atoms with Gasteiger partial charge in [0, 0.05) is 144 Å². The summed E-state index contributed by atoms with van der Waals surface area (Å²) in [5.41, 5.74) is 12.4. The van der Waals surface area contributed by atoms with Crippen molar-refractivity contribution in [2.75, 3.05) is 125 Å². The molecule has 4 amide bonds. The number of carboxylic acids is 1. The molecule has 31 nitrogen and oxygen atoms in total. The summed E-state index contributed by atoms with van der Waals surface area (Å²) in [4.78, 5) is 119. The van der Waals surface area contributed by atoms with Crippen LogP contribution < -0.4 is 10.6 Å². The van der Waals surface area contributed by atoms with Gasteiger partial charge in [0.1, 0.15) is 0 Å². The van der Waals surface area contributed by atoms with Crippen molar-refractivity contribution in [3.8, 4) is 15.4 Å². The summed E-state index contributed by atoms with van der Waals surface area (Å²) < 4.78 is 81.2. The largest absolute Gasteiger partial charge is 0.497 e. The number of nitrogens with zero attached hydrogens (tertiary/aromatic N) is 10. The Morgan fingerprint density at radius 3 is 1.20 bits per heavy atom. The van der Waals surface area contributed by atoms with Gasteiger partial charge in [-0.1, -0.05) is 68.3 Å². The topological polar surface area (TPSA) is 366 Å². The average molecular weight is 2080 g/mol. The summed E-state index contributed by atoms with van der Waals surface area (Å²) in [7, 11) is -4.42. The first-order valence-corrected chi connectivity index (χ1v) is 49.6. The average Bonchev–Trinajstić information content (AvgIpc) is 1.57. The molecule has 133 heavy (non-hydrogen) atoms. The second kappa shape index (κ2) is 42.4. The Bertz CT molecular complexity index is 6600.